The first-order chi connectivity index (χ1) is 10.2. The first-order valence-corrected chi connectivity index (χ1v) is 7.62. The van der Waals surface area contributed by atoms with E-state index in [9.17, 15) is 4.79 Å². The lowest BCUT2D eigenvalue weighted by molar-refractivity contribution is -0.110. The molecule has 0 spiro atoms. The van der Waals surface area contributed by atoms with Gasteiger partial charge in [-0.3, -0.25) is 4.79 Å². The summed E-state index contributed by atoms with van der Waals surface area (Å²) in [5.74, 6) is -0.0696. The van der Waals surface area contributed by atoms with Gasteiger partial charge in [-0.25, -0.2) is 0 Å². The number of aromatic amines is 1. The van der Waals surface area contributed by atoms with Crippen molar-refractivity contribution in [3.63, 3.8) is 0 Å². The van der Waals surface area contributed by atoms with Gasteiger partial charge in [0.15, 0.2) is 0 Å². The number of rotatable bonds is 1. The van der Waals surface area contributed by atoms with Gasteiger partial charge in [0, 0.05) is 22.0 Å². The van der Waals surface area contributed by atoms with Crippen LogP contribution in [0.1, 0.15) is 35.4 Å². The number of carbonyl (C=O) groups excluding carboxylic acids is 1. The molecule has 4 rings (SSSR count). The van der Waals surface area contributed by atoms with Crippen molar-refractivity contribution < 1.29 is 4.79 Å². The van der Waals surface area contributed by atoms with Crippen molar-refractivity contribution in [2.75, 3.05) is 5.32 Å². The number of aromatic nitrogens is 1. The van der Waals surface area contributed by atoms with Crippen LogP contribution < -0.4 is 5.32 Å². The molecule has 0 radical (unpaired) electrons. The summed E-state index contributed by atoms with van der Waals surface area (Å²) in [5, 5.41) is 3.49. The van der Waals surface area contributed by atoms with Crippen molar-refractivity contribution in [1.82, 2.24) is 4.98 Å². The lowest BCUT2D eigenvalue weighted by Gasteiger charge is -2.08. The maximum Gasteiger partial charge on any atom is 0.256 e. The second kappa shape index (κ2) is 4.78. The zero-order valence-corrected chi connectivity index (χ0v) is 12.3. The number of amides is 1. The number of halogens is 1. The Bertz CT molecular complexity index is 750. The highest BCUT2D eigenvalue weighted by atomic mass is 35.5. The SMILES string of the molecule is O=C1Nc2cc(Cl)ccc2/C1=C/c1cc2c([nH]1)CCCC2. The summed E-state index contributed by atoms with van der Waals surface area (Å²) >= 11 is 5.97. The number of hydrogen-bond donors (Lipinski definition) is 2. The number of H-pyrrole nitrogens is 1. The Morgan fingerprint density at radius 1 is 1.14 bits per heavy atom. The van der Waals surface area contributed by atoms with Crippen LogP contribution in [0.3, 0.4) is 0 Å². The molecule has 1 aliphatic carbocycles. The Labute approximate surface area is 128 Å². The fourth-order valence-electron chi connectivity index (χ4n) is 3.17. The molecule has 2 heterocycles. The molecular formula is C17H15ClN2O. The fraction of sp³-hybridized carbons (Fsp3) is 0.235. The molecule has 1 aromatic carbocycles. The Morgan fingerprint density at radius 3 is 2.86 bits per heavy atom. The van der Waals surface area contributed by atoms with Gasteiger partial charge in [-0.15, -0.1) is 0 Å². The van der Waals surface area contributed by atoms with Gasteiger partial charge in [0.2, 0.25) is 0 Å². The van der Waals surface area contributed by atoms with Crippen LogP contribution in [0.25, 0.3) is 11.6 Å². The second-order valence-electron chi connectivity index (χ2n) is 5.64. The van der Waals surface area contributed by atoms with E-state index < -0.39 is 0 Å². The van der Waals surface area contributed by atoms with Crippen LogP contribution in [0.2, 0.25) is 5.02 Å². The van der Waals surface area contributed by atoms with E-state index >= 15 is 0 Å². The molecule has 0 saturated carbocycles. The summed E-state index contributed by atoms with van der Waals surface area (Å²) in [6.07, 6.45) is 6.67. The van der Waals surface area contributed by atoms with Crippen LogP contribution in [0.4, 0.5) is 5.69 Å². The summed E-state index contributed by atoms with van der Waals surface area (Å²) in [4.78, 5) is 15.6. The van der Waals surface area contributed by atoms with Crippen molar-refractivity contribution in [2.24, 2.45) is 0 Å². The largest absolute Gasteiger partial charge is 0.359 e. The van der Waals surface area contributed by atoms with Crippen molar-refractivity contribution in [3.05, 3.63) is 51.8 Å². The van der Waals surface area contributed by atoms with E-state index in [2.05, 4.69) is 16.4 Å². The third kappa shape index (κ3) is 2.18. The summed E-state index contributed by atoms with van der Waals surface area (Å²) in [6.45, 7) is 0. The Kier molecular flexibility index (Phi) is 2.89. The van der Waals surface area contributed by atoms with Gasteiger partial charge >= 0.3 is 0 Å². The molecule has 4 heteroatoms. The van der Waals surface area contributed by atoms with Gasteiger partial charge in [-0.2, -0.15) is 0 Å². The zero-order valence-electron chi connectivity index (χ0n) is 11.5. The highest BCUT2D eigenvalue weighted by Gasteiger charge is 2.24. The zero-order chi connectivity index (χ0) is 14.4. The number of fused-ring (bicyclic) bond motifs is 2. The molecule has 0 unspecified atom stereocenters. The minimum Gasteiger partial charge on any atom is -0.359 e. The molecular weight excluding hydrogens is 284 g/mol. The van der Waals surface area contributed by atoms with Gasteiger partial charge in [-0.1, -0.05) is 17.7 Å². The Balaban J connectivity index is 1.76. The number of aryl methyl sites for hydroxylation is 2. The molecule has 2 N–H and O–H groups in total. The number of benzene rings is 1. The van der Waals surface area contributed by atoms with Crippen LogP contribution in [-0.2, 0) is 17.6 Å². The van der Waals surface area contributed by atoms with Crippen molar-refractivity contribution in [3.8, 4) is 0 Å². The smallest absolute Gasteiger partial charge is 0.256 e. The summed E-state index contributed by atoms with van der Waals surface area (Å²) < 4.78 is 0. The predicted molar refractivity (Wildman–Crippen MR) is 85.4 cm³/mol. The van der Waals surface area contributed by atoms with Gasteiger partial charge < -0.3 is 10.3 Å². The Morgan fingerprint density at radius 2 is 2.00 bits per heavy atom. The third-order valence-corrected chi connectivity index (χ3v) is 4.44. The van der Waals surface area contributed by atoms with Gasteiger partial charge in [-0.05, 0) is 55.5 Å². The maximum atomic E-state index is 12.2. The lowest BCUT2D eigenvalue weighted by Crippen LogP contribution is -2.03. The number of anilines is 1. The average Bonchev–Trinajstić information content (AvgIpc) is 3.00. The fourth-order valence-corrected chi connectivity index (χ4v) is 3.34. The highest BCUT2D eigenvalue weighted by Crippen LogP contribution is 2.35. The number of hydrogen-bond acceptors (Lipinski definition) is 1. The molecule has 0 fully saturated rings. The van der Waals surface area contributed by atoms with E-state index in [0.717, 1.165) is 29.8 Å². The molecule has 2 aromatic rings. The summed E-state index contributed by atoms with van der Waals surface area (Å²) in [7, 11) is 0. The van der Waals surface area contributed by atoms with Crippen LogP contribution in [0, 0.1) is 0 Å². The van der Waals surface area contributed by atoms with Gasteiger partial charge in [0.05, 0.1) is 11.3 Å². The van der Waals surface area contributed by atoms with E-state index in [1.165, 1.54) is 24.1 Å². The molecule has 1 aliphatic heterocycles. The molecule has 0 saturated heterocycles. The molecule has 1 aromatic heterocycles. The minimum absolute atomic E-state index is 0.0696. The van der Waals surface area contributed by atoms with E-state index in [1.807, 2.05) is 18.2 Å². The normalized spacial score (nSPS) is 18.5. The van der Waals surface area contributed by atoms with E-state index in [-0.39, 0.29) is 5.91 Å². The summed E-state index contributed by atoms with van der Waals surface area (Å²) in [5.41, 5.74) is 6.12. The van der Waals surface area contributed by atoms with E-state index in [4.69, 9.17) is 11.6 Å². The molecule has 1 amide bonds. The molecule has 106 valence electrons. The first-order valence-electron chi connectivity index (χ1n) is 7.24. The van der Waals surface area contributed by atoms with Crippen molar-refractivity contribution in [1.29, 1.82) is 0 Å². The number of nitrogens with one attached hydrogen (secondary N) is 2. The topological polar surface area (TPSA) is 44.9 Å². The van der Waals surface area contributed by atoms with Crippen LogP contribution in [0.15, 0.2) is 24.3 Å². The van der Waals surface area contributed by atoms with E-state index in [0.29, 0.717) is 10.6 Å². The lowest BCUT2D eigenvalue weighted by atomic mass is 9.98. The van der Waals surface area contributed by atoms with Crippen LogP contribution in [-0.4, -0.2) is 10.9 Å². The quantitative estimate of drug-likeness (QED) is 0.767. The van der Waals surface area contributed by atoms with E-state index in [1.54, 1.807) is 6.07 Å². The van der Waals surface area contributed by atoms with Crippen LogP contribution >= 0.6 is 11.6 Å². The molecule has 21 heavy (non-hydrogen) atoms. The van der Waals surface area contributed by atoms with Crippen molar-refractivity contribution >= 4 is 34.8 Å². The molecule has 2 aliphatic rings. The summed E-state index contributed by atoms with van der Waals surface area (Å²) in [6, 6.07) is 7.66. The predicted octanol–water partition coefficient (Wildman–Crippen LogP) is 4.04. The minimum atomic E-state index is -0.0696. The monoisotopic (exact) mass is 298 g/mol. The molecule has 3 nitrogen and oxygen atoms in total. The first kappa shape index (κ1) is 12.7. The van der Waals surface area contributed by atoms with Crippen LogP contribution in [0.5, 0.6) is 0 Å². The second-order valence-corrected chi connectivity index (χ2v) is 6.07. The molecule has 0 atom stereocenters. The van der Waals surface area contributed by atoms with Gasteiger partial charge in [0.1, 0.15) is 0 Å². The highest BCUT2D eigenvalue weighted by molar-refractivity contribution is 6.36. The standard InChI is InChI=1S/C17H15ClN2O/c18-11-5-6-13-14(17(21)20-16(13)8-11)9-12-7-10-3-1-2-4-15(10)19-12/h5-9,19H,1-4H2,(H,20,21)/b14-9-. The Hall–Kier alpha value is -2.00. The van der Waals surface area contributed by atoms with Crippen molar-refractivity contribution in [2.45, 2.75) is 25.7 Å². The number of carbonyl (C=O) groups is 1. The van der Waals surface area contributed by atoms with Gasteiger partial charge in [0.25, 0.3) is 5.91 Å². The third-order valence-electron chi connectivity index (χ3n) is 4.20. The maximum absolute atomic E-state index is 12.2. The molecule has 0 bridgehead atoms. The average molecular weight is 299 g/mol.